The Balaban J connectivity index is 2.21. The summed E-state index contributed by atoms with van der Waals surface area (Å²) < 4.78 is 13.4. The lowest BCUT2D eigenvalue weighted by atomic mass is 9.89. The van der Waals surface area contributed by atoms with Gasteiger partial charge in [0, 0.05) is 6.04 Å². The van der Waals surface area contributed by atoms with Gasteiger partial charge in [0.05, 0.1) is 0 Å². The van der Waals surface area contributed by atoms with Gasteiger partial charge in [0.1, 0.15) is 5.82 Å². The molecule has 100 valence electrons. The van der Waals surface area contributed by atoms with Gasteiger partial charge in [-0.2, -0.15) is 0 Å². The molecule has 0 radical (unpaired) electrons. The van der Waals surface area contributed by atoms with Crippen molar-refractivity contribution in [2.45, 2.75) is 52.0 Å². The predicted octanol–water partition coefficient (Wildman–Crippen LogP) is 4.28. The van der Waals surface area contributed by atoms with Crippen LogP contribution >= 0.6 is 0 Å². The van der Waals surface area contributed by atoms with E-state index in [1.807, 2.05) is 20.9 Å². The molecular formula is C16H24FN. The van der Waals surface area contributed by atoms with Crippen LogP contribution in [-0.2, 0) is 0 Å². The summed E-state index contributed by atoms with van der Waals surface area (Å²) in [5.74, 6) is 0.718. The van der Waals surface area contributed by atoms with Crippen molar-refractivity contribution in [3.8, 4) is 0 Å². The zero-order valence-corrected chi connectivity index (χ0v) is 11.7. The van der Waals surface area contributed by atoms with Crippen LogP contribution in [0.4, 0.5) is 4.39 Å². The van der Waals surface area contributed by atoms with Crippen molar-refractivity contribution < 1.29 is 4.39 Å². The van der Waals surface area contributed by atoms with Crippen molar-refractivity contribution in [2.75, 3.05) is 7.05 Å². The smallest absolute Gasteiger partial charge is 0.123 e. The molecule has 18 heavy (non-hydrogen) atoms. The van der Waals surface area contributed by atoms with E-state index < -0.39 is 0 Å². The van der Waals surface area contributed by atoms with Crippen LogP contribution in [0.5, 0.6) is 0 Å². The van der Waals surface area contributed by atoms with Crippen LogP contribution < -0.4 is 5.32 Å². The molecule has 2 heteroatoms. The molecule has 0 saturated heterocycles. The number of halogens is 1. The van der Waals surface area contributed by atoms with Crippen LogP contribution in [0.1, 0.15) is 54.8 Å². The molecule has 0 aliphatic heterocycles. The highest BCUT2D eigenvalue weighted by Gasteiger charge is 2.22. The minimum Gasteiger partial charge on any atom is -0.313 e. The molecule has 1 fully saturated rings. The summed E-state index contributed by atoms with van der Waals surface area (Å²) >= 11 is 0. The van der Waals surface area contributed by atoms with E-state index in [0.29, 0.717) is 6.04 Å². The monoisotopic (exact) mass is 249 g/mol. The second kappa shape index (κ2) is 5.83. The fourth-order valence-corrected chi connectivity index (χ4v) is 3.43. The molecule has 0 heterocycles. The summed E-state index contributed by atoms with van der Waals surface area (Å²) in [4.78, 5) is 0. The second-order valence-electron chi connectivity index (χ2n) is 5.68. The van der Waals surface area contributed by atoms with Crippen molar-refractivity contribution in [2.24, 2.45) is 5.92 Å². The average molecular weight is 249 g/mol. The van der Waals surface area contributed by atoms with Gasteiger partial charge >= 0.3 is 0 Å². The maximum Gasteiger partial charge on any atom is 0.123 e. The SMILES string of the molecule is CNC(CC1CCCC1)c1c(C)cc(F)cc1C. The van der Waals surface area contributed by atoms with Crippen LogP contribution in [0.3, 0.4) is 0 Å². The Morgan fingerprint density at radius 1 is 1.22 bits per heavy atom. The summed E-state index contributed by atoms with van der Waals surface area (Å²) in [6.45, 7) is 4.04. The molecule has 1 unspecified atom stereocenters. The average Bonchev–Trinajstić information content (AvgIpc) is 2.79. The van der Waals surface area contributed by atoms with E-state index in [9.17, 15) is 4.39 Å². The third kappa shape index (κ3) is 2.92. The Kier molecular flexibility index (Phi) is 4.39. The van der Waals surface area contributed by atoms with Gasteiger partial charge in [0.2, 0.25) is 0 Å². The lowest BCUT2D eigenvalue weighted by molar-refractivity contribution is 0.411. The highest BCUT2D eigenvalue weighted by atomic mass is 19.1. The van der Waals surface area contributed by atoms with Crippen molar-refractivity contribution in [1.29, 1.82) is 0 Å². The number of hydrogen-bond acceptors (Lipinski definition) is 1. The summed E-state index contributed by atoms with van der Waals surface area (Å²) in [6.07, 6.45) is 6.66. The Morgan fingerprint density at radius 2 is 1.78 bits per heavy atom. The molecule has 1 aliphatic carbocycles. The standard InChI is InChI=1S/C16H24FN/c1-11-8-14(17)9-12(2)16(11)15(18-3)10-13-6-4-5-7-13/h8-9,13,15,18H,4-7,10H2,1-3H3. The van der Waals surface area contributed by atoms with Gasteiger partial charge in [0.25, 0.3) is 0 Å². The molecule has 1 atom stereocenters. The van der Waals surface area contributed by atoms with Crippen LogP contribution in [-0.4, -0.2) is 7.05 Å². The summed E-state index contributed by atoms with van der Waals surface area (Å²) in [5, 5.41) is 3.42. The Hall–Kier alpha value is -0.890. The minimum atomic E-state index is -0.121. The van der Waals surface area contributed by atoms with E-state index in [1.54, 1.807) is 12.1 Å². The summed E-state index contributed by atoms with van der Waals surface area (Å²) in [7, 11) is 2.02. The maximum atomic E-state index is 13.4. The van der Waals surface area contributed by atoms with Crippen molar-refractivity contribution in [3.63, 3.8) is 0 Å². The van der Waals surface area contributed by atoms with Crippen LogP contribution in [0.25, 0.3) is 0 Å². The highest BCUT2D eigenvalue weighted by Crippen LogP contribution is 2.35. The summed E-state index contributed by atoms with van der Waals surface area (Å²) in [6, 6.07) is 3.68. The van der Waals surface area contributed by atoms with Gasteiger partial charge in [-0.15, -0.1) is 0 Å². The molecule has 1 aromatic carbocycles. The quantitative estimate of drug-likeness (QED) is 0.839. The number of rotatable bonds is 4. The Bertz CT molecular complexity index is 385. The van der Waals surface area contributed by atoms with Gasteiger partial charge in [0.15, 0.2) is 0 Å². The summed E-state index contributed by atoms with van der Waals surface area (Å²) in [5.41, 5.74) is 3.44. The molecule has 2 rings (SSSR count). The van der Waals surface area contributed by atoms with Crippen LogP contribution in [0, 0.1) is 25.6 Å². The second-order valence-corrected chi connectivity index (χ2v) is 5.68. The zero-order valence-electron chi connectivity index (χ0n) is 11.7. The molecular weight excluding hydrogens is 225 g/mol. The lowest BCUT2D eigenvalue weighted by Crippen LogP contribution is -2.21. The van der Waals surface area contributed by atoms with E-state index in [4.69, 9.17) is 0 Å². The first-order valence-corrected chi connectivity index (χ1v) is 7.05. The van der Waals surface area contributed by atoms with Gasteiger partial charge in [-0.3, -0.25) is 0 Å². The normalized spacial score (nSPS) is 18.2. The fraction of sp³-hybridized carbons (Fsp3) is 0.625. The molecule has 1 aliphatic rings. The molecule has 1 nitrogen and oxygen atoms in total. The van der Waals surface area contributed by atoms with Crippen molar-refractivity contribution in [1.82, 2.24) is 5.32 Å². The number of nitrogens with one attached hydrogen (secondary N) is 1. The number of hydrogen-bond donors (Lipinski definition) is 1. The number of aryl methyl sites for hydroxylation is 2. The van der Waals surface area contributed by atoms with E-state index in [1.165, 1.54) is 37.7 Å². The van der Waals surface area contributed by atoms with Gasteiger partial charge < -0.3 is 5.32 Å². The minimum absolute atomic E-state index is 0.121. The van der Waals surface area contributed by atoms with E-state index in [0.717, 1.165) is 17.0 Å². The third-order valence-corrected chi connectivity index (χ3v) is 4.30. The third-order valence-electron chi connectivity index (χ3n) is 4.30. The van der Waals surface area contributed by atoms with Gasteiger partial charge in [-0.05, 0) is 62.1 Å². The highest BCUT2D eigenvalue weighted by molar-refractivity contribution is 5.37. The van der Waals surface area contributed by atoms with Crippen LogP contribution in [0.2, 0.25) is 0 Å². The van der Waals surface area contributed by atoms with E-state index in [2.05, 4.69) is 5.32 Å². The predicted molar refractivity (Wildman–Crippen MR) is 74.2 cm³/mol. The first-order valence-electron chi connectivity index (χ1n) is 7.05. The maximum absolute atomic E-state index is 13.4. The first-order chi connectivity index (χ1) is 8.61. The molecule has 0 spiro atoms. The molecule has 0 aromatic heterocycles. The Labute approximate surface area is 110 Å². The lowest BCUT2D eigenvalue weighted by Gasteiger charge is -2.24. The fourth-order valence-electron chi connectivity index (χ4n) is 3.43. The van der Waals surface area contributed by atoms with E-state index in [-0.39, 0.29) is 5.82 Å². The van der Waals surface area contributed by atoms with Crippen LogP contribution in [0.15, 0.2) is 12.1 Å². The molecule has 1 N–H and O–H groups in total. The Morgan fingerprint density at radius 3 is 2.28 bits per heavy atom. The zero-order chi connectivity index (χ0) is 13.1. The van der Waals surface area contributed by atoms with Gasteiger partial charge in [-0.1, -0.05) is 25.7 Å². The van der Waals surface area contributed by atoms with Crippen molar-refractivity contribution >= 4 is 0 Å². The van der Waals surface area contributed by atoms with E-state index >= 15 is 0 Å². The molecule has 0 bridgehead atoms. The first kappa shape index (κ1) is 13.5. The van der Waals surface area contributed by atoms with Gasteiger partial charge in [-0.25, -0.2) is 4.39 Å². The largest absolute Gasteiger partial charge is 0.313 e. The molecule has 1 saturated carbocycles. The molecule has 0 amide bonds. The van der Waals surface area contributed by atoms with Crippen molar-refractivity contribution in [3.05, 3.63) is 34.6 Å². The number of benzene rings is 1. The topological polar surface area (TPSA) is 12.0 Å². The molecule has 1 aromatic rings.